The van der Waals surface area contributed by atoms with Gasteiger partial charge in [-0.15, -0.1) is 0 Å². The lowest BCUT2D eigenvalue weighted by molar-refractivity contribution is -0.118. The van der Waals surface area contributed by atoms with E-state index in [4.69, 9.17) is 4.74 Å². The Morgan fingerprint density at radius 2 is 1.65 bits per heavy atom. The van der Waals surface area contributed by atoms with Gasteiger partial charge >= 0.3 is 0 Å². The molecule has 0 bridgehead atoms. The molecular formula is C21H26N2O3. The molecule has 0 saturated heterocycles. The van der Waals surface area contributed by atoms with E-state index < -0.39 is 0 Å². The second kappa shape index (κ2) is 9.04. The molecule has 0 aliphatic rings. The highest BCUT2D eigenvalue weighted by Crippen LogP contribution is 2.19. The average Bonchev–Trinajstić information content (AvgIpc) is 2.64. The fourth-order valence-corrected chi connectivity index (χ4v) is 2.59. The van der Waals surface area contributed by atoms with E-state index in [1.165, 1.54) is 0 Å². The number of carbonyl (C=O) groups is 2. The summed E-state index contributed by atoms with van der Waals surface area (Å²) in [4.78, 5) is 26.1. The van der Waals surface area contributed by atoms with Gasteiger partial charge in [0.1, 0.15) is 5.75 Å². The highest BCUT2D eigenvalue weighted by molar-refractivity contribution is 5.96. The van der Waals surface area contributed by atoms with Crippen molar-refractivity contribution in [2.24, 2.45) is 0 Å². The van der Waals surface area contributed by atoms with Crippen molar-refractivity contribution in [3.05, 3.63) is 59.2 Å². The lowest BCUT2D eigenvalue weighted by atomic mass is 10.1. The number of nitrogens with zero attached hydrogens (tertiary/aromatic N) is 1. The van der Waals surface area contributed by atoms with Gasteiger partial charge in [0, 0.05) is 24.3 Å². The van der Waals surface area contributed by atoms with Gasteiger partial charge in [0.05, 0.1) is 0 Å². The van der Waals surface area contributed by atoms with Crippen LogP contribution in [0.4, 0.5) is 5.69 Å². The maximum Gasteiger partial charge on any atom is 0.262 e. The molecule has 2 aromatic rings. The van der Waals surface area contributed by atoms with Crippen molar-refractivity contribution in [2.75, 3.05) is 25.0 Å². The van der Waals surface area contributed by atoms with E-state index in [2.05, 4.69) is 5.32 Å². The van der Waals surface area contributed by atoms with Gasteiger partial charge in [-0.1, -0.05) is 12.1 Å². The Hall–Kier alpha value is -2.82. The van der Waals surface area contributed by atoms with Crippen LogP contribution in [0.5, 0.6) is 5.75 Å². The van der Waals surface area contributed by atoms with Crippen LogP contribution in [-0.4, -0.2) is 36.4 Å². The Morgan fingerprint density at radius 3 is 2.27 bits per heavy atom. The number of hydrogen-bond donors (Lipinski definition) is 1. The number of hydrogen-bond acceptors (Lipinski definition) is 3. The number of ether oxygens (including phenoxy) is 1. The molecule has 0 atom stereocenters. The number of amides is 2. The minimum Gasteiger partial charge on any atom is -0.483 e. The predicted molar refractivity (Wildman–Crippen MR) is 104 cm³/mol. The number of nitrogens with one attached hydrogen (secondary N) is 1. The molecule has 0 unspecified atom stereocenters. The van der Waals surface area contributed by atoms with Crippen molar-refractivity contribution in [3.63, 3.8) is 0 Å². The fraction of sp³-hybridized carbons (Fsp3) is 0.333. The van der Waals surface area contributed by atoms with Crippen LogP contribution in [0, 0.1) is 13.8 Å². The van der Waals surface area contributed by atoms with Gasteiger partial charge in [-0.05, 0) is 69.2 Å². The topological polar surface area (TPSA) is 58.6 Å². The molecule has 0 saturated carbocycles. The fourth-order valence-electron chi connectivity index (χ4n) is 2.59. The second-order valence-corrected chi connectivity index (χ2v) is 6.16. The van der Waals surface area contributed by atoms with E-state index in [1.807, 2.05) is 45.9 Å². The van der Waals surface area contributed by atoms with Crippen LogP contribution >= 0.6 is 0 Å². The summed E-state index contributed by atoms with van der Waals surface area (Å²) in [5.74, 6) is 0.458. The first-order valence-corrected chi connectivity index (χ1v) is 8.83. The van der Waals surface area contributed by atoms with Crippen molar-refractivity contribution < 1.29 is 14.3 Å². The maximum absolute atomic E-state index is 12.3. The third kappa shape index (κ3) is 5.09. The van der Waals surface area contributed by atoms with Crippen molar-refractivity contribution in [2.45, 2.75) is 27.7 Å². The normalized spacial score (nSPS) is 10.3. The van der Waals surface area contributed by atoms with Crippen molar-refractivity contribution in [1.29, 1.82) is 0 Å². The Labute approximate surface area is 155 Å². The van der Waals surface area contributed by atoms with Crippen LogP contribution in [0.15, 0.2) is 42.5 Å². The monoisotopic (exact) mass is 354 g/mol. The summed E-state index contributed by atoms with van der Waals surface area (Å²) in [6.45, 7) is 9.10. The van der Waals surface area contributed by atoms with E-state index in [0.717, 1.165) is 11.1 Å². The molecule has 0 spiro atoms. The third-order valence-electron chi connectivity index (χ3n) is 4.17. The third-order valence-corrected chi connectivity index (χ3v) is 4.17. The molecule has 138 valence electrons. The molecule has 5 nitrogen and oxygen atoms in total. The highest BCUT2D eigenvalue weighted by atomic mass is 16.5. The molecular weight excluding hydrogens is 328 g/mol. The first-order chi connectivity index (χ1) is 12.4. The quantitative estimate of drug-likeness (QED) is 0.823. The van der Waals surface area contributed by atoms with Crippen LogP contribution in [0.3, 0.4) is 0 Å². The van der Waals surface area contributed by atoms with Crippen LogP contribution in [0.25, 0.3) is 0 Å². The summed E-state index contributed by atoms with van der Waals surface area (Å²) in [6, 6.07) is 12.8. The number of benzene rings is 2. The van der Waals surface area contributed by atoms with Gasteiger partial charge in [0.2, 0.25) is 0 Å². The Bertz CT molecular complexity index is 765. The zero-order valence-corrected chi connectivity index (χ0v) is 15.8. The van der Waals surface area contributed by atoms with E-state index >= 15 is 0 Å². The molecule has 5 heteroatoms. The summed E-state index contributed by atoms with van der Waals surface area (Å²) in [6.07, 6.45) is 0. The van der Waals surface area contributed by atoms with Gasteiger partial charge in [-0.3, -0.25) is 9.59 Å². The zero-order valence-electron chi connectivity index (χ0n) is 15.8. The van der Waals surface area contributed by atoms with E-state index in [-0.39, 0.29) is 18.4 Å². The van der Waals surface area contributed by atoms with Crippen LogP contribution < -0.4 is 10.1 Å². The van der Waals surface area contributed by atoms with E-state index in [9.17, 15) is 9.59 Å². The van der Waals surface area contributed by atoms with Crippen molar-refractivity contribution >= 4 is 17.5 Å². The molecule has 2 rings (SSSR count). The van der Waals surface area contributed by atoms with Gasteiger partial charge in [-0.25, -0.2) is 0 Å². The van der Waals surface area contributed by atoms with Gasteiger partial charge in [-0.2, -0.15) is 0 Å². The predicted octanol–water partition coefficient (Wildman–Crippen LogP) is 3.80. The molecule has 0 radical (unpaired) electrons. The van der Waals surface area contributed by atoms with Crippen molar-refractivity contribution in [1.82, 2.24) is 4.90 Å². The molecule has 26 heavy (non-hydrogen) atoms. The first kappa shape index (κ1) is 19.5. The lowest BCUT2D eigenvalue weighted by Crippen LogP contribution is -2.30. The summed E-state index contributed by atoms with van der Waals surface area (Å²) in [7, 11) is 0. The molecule has 0 aliphatic carbocycles. The van der Waals surface area contributed by atoms with Crippen molar-refractivity contribution in [3.8, 4) is 5.75 Å². The molecule has 2 amide bonds. The lowest BCUT2D eigenvalue weighted by Gasteiger charge is -2.18. The number of aryl methyl sites for hydroxylation is 2. The van der Waals surface area contributed by atoms with Crippen LogP contribution in [0.2, 0.25) is 0 Å². The van der Waals surface area contributed by atoms with Crippen LogP contribution in [0.1, 0.15) is 35.3 Å². The maximum atomic E-state index is 12.3. The standard InChI is InChI=1S/C21H26N2O3/c1-5-23(6-2)21(25)17-9-11-18(12-10-17)22-20(24)14-26-19-13-15(3)7-8-16(19)4/h7-13H,5-6,14H2,1-4H3,(H,22,24). The van der Waals surface area contributed by atoms with Gasteiger partial charge in [0.25, 0.3) is 11.8 Å². The summed E-state index contributed by atoms with van der Waals surface area (Å²) < 4.78 is 5.60. The minimum atomic E-state index is -0.242. The smallest absolute Gasteiger partial charge is 0.262 e. The Morgan fingerprint density at radius 1 is 1.00 bits per heavy atom. The zero-order chi connectivity index (χ0) is 19.1. The van der Waals surface area contributed by atoms with E-state index in [1.54, 1.807) is 29.2 Å². The Balaban J connectivity index is 1.93. The number of anilines is 1. The number of carbonyl (C=O) groups excluding carboxylic acids is 2. The first-order valence-electron chi connectivity index (χ1n) is 8.83. The SMILES string of the molecule is CCN(CC)C(=O)c1ccc(NC(=O)COc2cc(C)ccc2C)cc1. The van der Waals surface area contributed by atoms with Crippen LogP contribution in [-0.2, 0) is 4.79 Å². The minimum absolute atomic E-state index is 0.00821. The van der Waals surface area contributed by atoms with E-state index in [0.29, 0.717) is 30.1 Å². The summed E-state index contributed by atoms with van der Waals surface area (Å²) in [5.41, 5.74) is 3.32. The highest BCUT2D eigenvalue weighted by Gasteiger charge is 2.12. The molecule has 1 N–H and O–H groups in total. The second-order valence-electron chi connectivity index (χ2n) is 6.16. The summed E-state index contributed by atoms with van der Waals surface area (Å²) >= 11 is 0. The molecule has 0 fully saturated rings. The molecule has 0 heterocycles. The largest absolute Gasteiger partial charge is 0.483 e. The molecule has 0 aliphatic heterocycles. The Kier molecular flexibility index (Phi) is 6.78. The average molecular weight is 354 g/mol. The summed E-state index contributed by atoms with van der Waals surface area (Å²) in [5, 5.41) is 2.78. The molecule has 0 aromatic heterocycles. The van der Waals surface area contributed by atoms with Gasteiger partial charge < -0.3 is 15.0 Å². The number of rotatable bonds is 7. The van der Waals surface area contributed by atoms with Gasteiger partial charge in [0.15, 0.2) is 6.61 Å². The molecule has 2 aromatic carbocycles.